The molecule has 0 aromatic carbocycles. The number of anilines is 1. The van der Waals surface area contributed by atoms with Crippen LogP contribution in [0.3, 0.4) is 0 Å². The maximum absolute atomic E-state index is 12.3. The number of esters is 1. The van der Waals surface area contributed by atoms with Crippen LogP contribution in [-0.2, 0) is 9.53 Å². The molecule has 6 heteroatoms. The normalized spacial score (nSPS) is 14.2. The third kappa shape index (κ3) is 4.15. The minimum atomic E-state index is -0.458. The predicted molar refractivity (Wildman–Crippen MR) is 93.7 cm³/mol. The average Bonchev–Trinajstić information content (AvgIpc) is 3.23. The molecule has 24 heavy (non-hydrogen) atoms. The number of amides is 1. The molecule has 0 aliphatic heterocycles. The first-order chi connectivity index (χ1) is 11.6. The Hall–Kier alpha value is -2.31. The molecule has 0 bridgehead atoms. The van der Waals surface area contributed by atoms with Gasteiger partial charge in [0, 0.05) is 18.8 Å². The molecule has 1 saturated carbocycles. The van der Waals surface area contributed by atoms with Crippen molar-refractivity contribution in [3.05, 3.63) is 10.6 Å². The van der Waals surface area contributed by atoms with E-state index in [2.05, 4.69) is 22.1 Å². The van der Waals surface area contributed by atoms with Gasteiger partial charge in [0.25, 0.3) is 0 Å². The fraction of sp³-hybridized carbons (Fsp3) is 0.500. The molecule has 0 unspecified atom stereocenters. The van der Waals surface area contributed by atoms with Gasteiger partial charge in [0.2, 0.25) is 5.91 Å². The van der Waals surface area contributed by atoms with Crippen LogP contribution in [-0.4, -0.2) is 24.0 Å². The second-order valence-corrected chi connectivity index (χ2v) is 6.71. The molecule has 1 aliphatic rings. The number of hydrogen-bond donors (Lipinski definition) is 1. The largest absolute Gasteiger partial charge is 0.465 e. The van der Waals surface area contributed by atoms with Gasteiger partial charge in [-0.05, 0) is 12.8 Å². The molecule has 1 aliphatic carbocycles. The van der Waals surface area contributed by atoms with Crippen LogP contribution in [0.5, 0.6) is 0 Å². The number of thiazole rings is 1. The van der Waals surface area contributed by atoms with Gasteiger partial charge in [0.1, 0.15) is 4.88 Å². The summed E-state index contributed by atoms with van der Waals surface area (Å²) in [4.78, 5) is 29.3. The van der Waals surface area contributed by atoms with E-state index in [9.17, 15) is 9.59 Å². The summed E-state index contributed by atoms with van der Waals surface area (Å²) < 4.78 is 4.85. The molecule has 0 atom stereocenters. The van der Waals surface area contributed by atoms with Gasteiger partial charge in [-0.1, -0.05) is 24.2 Å². The molecular weight excluding hydrogens is 324 g/mol. The van der Waals surface area contributed by atoms with Gasteiger partial charge < -0.3 is 10.1 Å². The quantitative estimate of drug-likeness (QED) is 0.636. The van der Waals surface area contributed by atoms with Gasteiger partial charge >= 0.3 is 5.97 Å². The third-order valence-electron chi connectivity index (χ3n) is 4.10. The number of nitrogens with zero attached hydrogens (tertiary/aromatic N) is 1. The summed E-state index contributed by atoms with van der Waals surface area (Å²) in [6.07, 6.45) is 15.3. The van der Waals surface area contributed by atoms with Crippen molar-refractivity contribution >= 4 is 28.3 Å². The zero-order valence-electron chi connectivity index (χ0n) is 13.6. The van der Waals surface area contributed by atoms with E-state index in [4.69, 9.17) is 17.6 Å². The van der Waals surface area contributed by atoms with Crippen molar-refractivity contribution in [1.82, 2.24) is 4.98 Å². The first-order valence-corrected chi connectivity index (χ1v) is 8.69. The highest BCUT2D eigenvalue weighted by molar-refractivity contribution is 7.17. The minimum Gasteiger partial charge on any atom is -0.465 e. The van der Waals surface area contributed by atoms with Gasteiger partial charge in [0.15, 0.2) is 5.13 Å². The van der Waals surface area contributed by atoms with Crippen molar-refractivity contribution in [2.45, 2.75) is 44.4 Å². The smallest absolute Gasteiger partial charge is 0.350 e. The molecule has 0 spiro atoms. The van der Waals surface area contributed by atoms with Crippen LogP contribution >= 0.6 is 11.3 Å². The lowest BCUT2D eigenvalue weighted by Gasteiger charge is -2.10. The summed E-state index contributed by atoms with van der Waals surface area (Å²) in [6.45, 7) is 0. The Morgan fingerprint density at radius 3 is 2.50 bits per heavy atom. The Kier molecular flexibility index (Phi) is 6.40. The highest BCUT2D eigenvalue weighted by Crippen LogP contribution is 2.38. The number of ether oxygens (including phenoxy) is 1. The number of carbonyl (C=O) groups excluding carboxylic acids is 2. The van der Waals surface area contributed by atoms with E-state index in [1.807, 2.05) is 0 Å². The molecular formula is C18H20N2O3S. The molecule has 1 fully saturated rings. The minimum absolute atomic E-state index is 0.244. The van der Waals surface area contributed by atoms with Gasteiger partial charge in [-0.15, -0.1) is 24.7 Å². The third-order valence-corrected chi connectivity index (χ3v) is 5.06. The second-order valence-electron chi connectivity index (χ2n) is 5.71. The Morgan fingerprint density at radius 2 is 1.96 bits per heavy atom. The average molecular weight is 344 g/mol. The first kappa shape index (κ1) is 18.0. The van der Waals surface area contributed by atoms with Crippen LogP contribution in [0.4, 0.5) is 5.13 Å². The zero-order valence-corrected chi connectivity index (χ0v) is 14.4. The lowest BCUT2D eigenvalue weighted by atomic mass is 10.0. The van der Waals surface area contributed by atoms with Gasteiger partial charge in [-0.3, -0.25) is 4.79 Å². The lowest BCUT2D eigenvalue weighted by molar-refractivity contribution is -0.119. The molecule has 1 N–H and O–H groups in total. The summed E-state index contributed by atoms with van der Waals surface area (Å²) in [7, 11) is 1.34. The van der Waals surface area contributed by atoms with E-state index in [-0.39, 0.29) is 24.7 Å². The van der Waals surface area contributed by atoms with E-state index in [0.29, 0.717) is 10.0 Å². The van der Waals surface area contributed by atoms with Crippen LogP contribution in [0.2, 0.25) is 0 Å². The Bertz CT molecular complexity index is 674. The molecule has 126 valence electrons. The summed E-state index contributed by atoms with van der Waals surface area (Å²) in [5.74, 6) is 4.02. The molecule has 1 amide bonds. The SMILES string of the molecule is C#CCC(CC#C)C(=O)Nc1nc(C2CCCC2)c(C(=O)OC)s1. The van der Waals surface area contributed by atoms with Crippen LogP contribution in [0.1, 0.15) is 59.8 Å². The fourth-order valence-electron chi connectivity index (χ4n) is 2.85. The Balaban J connectivity index is 2.21. The number of rotatable bonds is 6. The lowest BCUT2D eigenvalue weighted by Crippen LogP contribution is -2.22. The first-order valence-electron chi connectivity index (χ1n) is 7.87. The number of terminal acetylenes is 2. The standard InChI is InChI=1S/C18H20N2O3S/c1-4-8-13(9-5-2)16(21)20-18-19-14(12-10-6-7-11-12)15(24-18)17(22)23-3/h1-2,12-13H,6-11H2,3H3,(H,19,20,21). The van der Waals surface area contributed by atoms with E-state index < -0.39 is 11.9 Å². The molecule has 2 rings (SSSR count). The summed E-state index contributed by atoms with van der Waals surface area (Å²) >= 11 is 1.14. The van der Waals surface area contributed by atoms with Crippen LogP contribution in [0, 0.1) is 30.6 Å². The predicted octanol–water partition coefficient (Wildman–Crippen LogP) is 3.19. The van der Waals surface area contributed by atoms with Gasteiger partial charge in [0.05, 0.1) is 18.7 Å². The van der Waals surface area contributed by atoms with Crippen LogP contribution in [0.15, 0.2) is 0 Å². The van der Waals surface area contributed by atoms with E-state index in [1.165, 1.54) is 7.11 Å². The van der Waals surface area contributed by atoms with Gasteiger partial charge in [-0.25, -0.2) is 9.78 Å². The Labute approximate surface area is 146 Å². The molecule has 1 aromatic heterocycles. The maximum Gasteiger partial charge on any atom is 0.350 e. The van der Waals surface area contributed by atoms with Crippen molar-refractivity contribution in [3.63, 3.8) is 0 Å². The molecule has 5 nitrogen and oxygen atoms in total. The highest BCUT2D eigenvalue weighted by Gasteiger charge is 2.28. The van der Waals surface area contributed by atoms with Crippen LogP contribution < -0.4 is 5.32 Å². The summed E-state index contributed by atoms with van der Waals surface area (Å²) in [5.41, 5.74) is 0.727. The number of methoxy groups -OCH3 is 1. The van der Waals surface area contributed by atoms with Gasteiger partial charge in [-0.2, -0.15) is 0 Å². The number of hydrogen-bond acceptors (Lipinski definition) is 5. The second kappa shape index (κ2) is 8.52. The number of aromatic nitrogens is 1. The van der Waals surface area contributed by atoms with Crippen molar-refractivity contribution < 1.29 is 14.3 Å². The van der Waals surface area contributed by atoms with Crippen molar-refractivity contribution in [1.29, 1.82) is 0 Å². The Morgan fingerprint density at radius 1 is 1.33 bits per heavy atom. The number of nitrogens with one attached hydrogen (secondary N) is 1. The maximum atomic E-state index is 12.3. The van der Waals surface area contributed by atoms with Crippen molar-refractivity contribution in [2.24, 2.45) is 5.92 Å². The molecule has 0 saturated heterocycles. The zero-order chi connectivity index (χ0) is 17.5. The molecule has 1 aromatic rings. The summed E-state index contributed by atoms with van der Waals surface area (Å²) in [5, 5.41) is 3.13. The highest BCUT2D eigenvalue weighted by atomic mass is 32.1. The molecule has 0 radical (unpaired) electrons. The molecule has 1 heterocycles. The summed E-state index contributed by atoms with van der Waals surface area (Å²) in [6, 6.07) is 0. The monoisotopic (exact) mass is 344 g/mol. The topological polar surface area (TPSA) is 68.3 Å². The van der Waals surface area contributed by atoms with Crippen LogP contribution in [0.25, 0.3) is 0 Å². The van der Waals surface area contributed by atoms with Crippen molar-refractivity contribution in [3.8, 4) is 24.7 Å². The van der Waals surface area contributed by atoms with E-state index in [1.54, 1.807) is 0 Å². The fourth-order valence-corrected chi connectivity index (χ4v) is 3.82. The number of carbonyl (C=O) groups is 2. The van der Waals surface area contributed by atoms with E-state index in [0.717, 1.165) is 42.7 Å². The van der Waals surface area contributed by atoms with Crippen molar-refractivity contribution in [2.75, 3.05) is 12.4 Å². The van der Waals surface area contributed by atoms with E-state index >= 15 is 0 Å².